The Bertz CT molecular complexity index is 719. The van der Waals surface area contributed by atoms with Gasteiger partial charge >= 0.3 is 0 Å². The fraction of sp³-hybridized carbons (Fsp3) is 0.571. The van der Waals surface area contributed by atoms with Gasteiger partial charge in [-0.2, -0.15) is 0 Å². The van der Waals surface area contributed by atoms with Crippen LogP contribution in [0.15, 0.2) is 36.9 Å². The number of allylic oxidation sites excluding steroid dienone is 1. The van der Waals surface area contributed by atoms with E-state index in [4.69, 9.17) is 11.6 Å². The number of likely N-dealkylation sites (N-methyl/N-ethyl adjacent to an activating group) is 1. The summed E-state index contributed by atoms with van der Waals surface area (Å²) in [6.07, 6.45) is 6.36. The SMILES string of the molecule is C=CC[C@@]1(C)CCC(c2ccc(Cl)cc2)N(CCN(C)S(=O)C2CC2)C1=O. The van der Waals surface area contributed by atoms with Gasteiger partial charge < -0.3 is 4.90 Å². The van der Waals surface area contributed by atoms with E-state index < -0.39 is 16.4 Å². The van der Waals surface area contributed by atoms with E-state index in [9.17, 15) is 9.00 Å². The maximum absolute atomic E-state index is 13.4. The second-order valence-electron chi connectivity index (χ2n) is 7.99. The number of piperidine rings is 1. The molecule has 1 amide bonds. The van der Waals surface area contributed by atoms with Crippen LogP contribution in [0.1, 0.15) is 50.6 Å². The molecule has 0 aromatic heterocycles. The fourth-order valence-corrected chi connectivity index (χ4v) is 5.30. The molecule has 3 atom stereocenters. The van der Waals surface area contributed by atoms with Gasteiger partial charge in [-0.05, 0) is 56.8 Å². The molecule has 1 aliphatic carbocycles. The highest BCUT2D eigenvalue weighted by molar-refractivity contribution is 7.83. The summed E-state index contributed by atoms with van der Waals surface area (Å²) >= 11 is 6.04. The van der Waals surface area contributed by atoms with Crippen molar-refractivity contribution in [2.45, 2.75) is 50.3 Å². The molecule has 1 saturated carbocycles. The molecule has 6 heteroatoms. The highest BCUT2D eigenvalue weighted by Crippen LogP contribution is 2.43. The third-order valence-electron chi connectivity index (χ3n) is 5.75. The zero-order chi connectivity index (χ0) is 19.6. The molecule has 1 aliphatic heterocycles. The molecule has 2 unspecified atom stereocenters. The molecule has 0 N–H and O–H groups in total. The van der Waals surface area contributed by atoms with E-state index >= 15 is 0 Å². The molecule has 3 rings (SSSR count). The lowest BCUT2D eigenvalue weighted by Gasteiger charge is -2.45. The number of amides is 1. The van der Waals surface area contributed by atoms with Crippen LogP contribution in [0, 0.1) is 5.41 Å². The van der Waals surface area contributed by atoms with Crippen LogP contribution in [0.5, 0.6) is 0 Å². The molecule has 0 radical (unpaired) electrons. The van der Waals surface area contributed by atoms with E-state index in [0.29, 0.717) is 29.8 Å². The van der Waals surface area contributed by atoms with Crippen molar-refractivity contribution in [2.24, 2.45) is 5.41 Å². The van der Waals surface area contributed by atoms with Gasteiger partial charge in [-0.25, -0.2) is 8.51 Å². The normalized spacial score (nSPS) is 27.0. The second-order valence-corrected chi connectivity index (χ2v) is 10.3. The van der Waals surface area contributed by atoms with Gasteiger partial charge in [0.1, 0.15) is 0 Å². The highest BCUT2D eigenvalue weighted by atomic mass is 35.5. The number of carbonyl (C=O) groups excluding carboxylic acids is 1. The number of likely N-dealkylation sites (tertiary alicyclic amines) is 1. The first-order valence-corrected chi connectivity index (χ1v) is 11.2. The maximum atomic E-state index is 13.4. The summed E-state index contributed by atoms with van der Waals surface area (Å²) < 4.78 is 14.3. The number of hydrogen-bond donors (Lipinski definition) is 0. The van der Waals surface area contributed by atoms with E-state index in [-0.39, 0.29) is 11.9 Å². The lowest BCUT2D eigenvalue weighted by molar-refractivity contribution is -0.149. The molecule has 2 fully saturated rings. The van der Waals surface area contributed by atoms with Gasteiger partial charge in [0.15, 0.2) is 0 Å². The molecule has 4 nitrogen and oxygen atoms in total. The molecule has 1 aromatic rings. The van der Waals surface area contributed by atoms with Gasteiger partial charge in [0.2, 0.25) is 5.91 Å². The van der Waals surface area contributed by atoms with Crippen LogP contribution in [0.25, 0.3) is 0 Å². The van der Waals surface area contributed by atoms with E-state index in [2.05, 4.69) is 6.58 Å². The second kappa shape index (κ2) is 8.46. The number of rotatable bonds is 8. The Morgan fingerprint density at radius 2 is 2.00 bits per heavy atom. The third-order valence-corrected chi connectivity index (χ3v) is 7.84. The zero-order valence-electron chi connectivity index (χ0n) is 16.2. The Hall–Kier alpha value is -1.17. The van der Waals surface area contributed by atoms with Crippen molar-refractivity contribution in [1.82, 2.24) is 9.21 Å². The molecule has 1 aromatic carbocycles. The monoisotopic (exact) mass is 408 g/mol. The summed E-state index contributed by atoms with van der Waals surface area (Å²) in [6, 6.07) is 7.82. The van der Waals surface area contributed by atoms with Crippen molar-refractivity contribution in [3.8, 4) is 0 Å². The van der Waals surface area contributed by atoms with Crippen LogP contribution in [0.4, 0.5) is 0 Å². The summed E-state index contributed by atoms with van der Waals surface area (Å²) in [5.74, 6) is 0.166. The zero-order valence-corrected chi connectivity index (χ0v) is 17.8. The summed E-state index contributed by atoms with van der Waals surface area (Å²) in [7, 11) is 0.951. The molecule has 0 spiro atoms. The fourth-order valence-electron chi connectivity index (χ4n) is 3.87. The number of halogens is 1. The number of benzene rings is 1. The number of nitrogens with zero attached hydrogens (tertiary/aromatic N) is 2. The summed E-state index contributed by atoms with van der Waals surface area (Å²) in [5.41, 5.74) is 0.707. The quantitative estimate of drug-likeness (QED) is 0.600. The highest BCUT2D eigenvalue weighted by Gasteiger charge is 2.43. The molecule has 148 valence electrons. The first-order chi connectivity index (χ1) is 12.9. The van der Waals surface area contributed by atoms with E-state index in [0.717, 1.165) is 31.2 Å². The maximum Gasteiger partial charge on any atom is 0.229 e. The molecule has 2 aliphatic rings. The lowest BCUT2D eigenvalue weighted by Crippen LogP contribution is -2.50. The Kier molecular flexibility index (Phi) is 6.44. The van der Waals surface area contributed by atoms with Crippen LogP contribution in [0.2, 0.25) is 5.02 Å². The van der Waals surface area contributed by atoms with Crippen molar-refractivity contribution in [3.63, 3.8) is 0 Å². The largest absolute Gasteiger partial charge is 0.334 e. The van der Waals surface area contributed by atoms with Crippen molar-refractivity contribution in [1.29, 1.82) is 0 Å². The minimum absolute atomic E-state index is 0.0374. The van der Waals surface area contributed by atoms with E-state index in [1.54, 1.807) is 0 Å². The lowest BCUT2D eigenvalue weighted by atomic mass is 9.75. The average Bonchev–Trinajstić information content (AvgIpc) is 3.48. The van der Waals surface area contributed by atoms with Gasteiger partial charge in [0.05, 0.1) is 22.4 Å². The molecule has 0 bridgehead atoms. The average molecular weight is 409 g/mol. The number of hydrogen-bond acceptors (Lipinski definition) is 2. The summed E-state index contributed by atoms with van der Waals surface area (Å²) in [5, 5.41) is 1.01. The van der Waals surface area contributed by atoms with E-state index in [1.807, 2.05) is 53.5 Å². The van der Waals surface area contributed by atoms with Crippen LogP contribution < -0.4 is 0 Å². The number of carbonyl (C=O) groups is 1. The Balaban J connectivity index is 1.78. The van der Waals surface area contributed by atoms with Crippen LogP contribution in [0.3, 0.4) is 0 Å². The Morgan fingerprint density at radius 1 is 1.33 bits per heavy atom. The summed E-state index contributed by atoms with van der Waals surface area (Å²) in [4.78, 5) is 15.4. The van der Waals surface area contributed by atoms with Crippen LogP contribution >= 0.6 is 11.6 Å². The predicted molar refractivity (Wildman–Crippen MR) is 112 cm³/mol. The van der Waals surface area contributed by atoms with Crippen LogP contribution in [-0.4, -0.2) is 44.7 Å². The molecular weight excluding hydrogens is 380 g/mol. The van der Waals surface area contributed by atoms with Crippen molar-refractivity contribution < 1.29 is 9.00 Å². The minimum atomic E-state index is -0.941. The third kappa shape index (κ3) is 4.64. The smallest absolute Gasteiger partial charge is 0.229 e. The van der Waals surface area contributed by atoms with Gasteiger partial charge in [-0.1, -0.05) is 36.7 Å². The predicted octanol–water partition coefficient (Wildman–Crippen LogP) is 4.34. The molecule has 27 heavy (non-hydrogen) atoms. The van der Waals surface area contributed by atoms with Gasteiger partial charge in [0.25, 0.3) is 0 Å². The molecular formula is C21H29ClN2O2S. The van der Waals surface area contributed by atoms with Gasteiger partial charge in [-0.3, -0.25) is 4.79 Å². The Labute approximate surface area is 170 Å². The summed E-state index contributed by atoms with van der Waals surface area (Å²) in [6.45, 7) is 7.06. The topological polar surface area (TPSA) is 40.6 Å². The van der Waals surface area contributed by atoms with Crippen molar-refractivity contribution in [3.05, 3.63) is 47.5 Å². The standard InChI is InChI=1S/C21H29ClN2O2S/c1-4-12-21(2)13-11-19(16-5-7-17(22)8-6-16)24(20(21)25)15-14-23(3)27(26)18-9-10-18/h4-8,18-19H,1,9-15H2,2-3H3/t19?,21-,27?/m0/s1. The van der Waals surface area contributed by atoms with E-state index in [1.165, 1.54) is 0 Å². The molecule has 1 saturated heterocycles. The van der Waals surface area contributed by atoms with Crippen LogP contribution in [-0.2, 0) is 15.8 Å². The van der Waals surface area contributed by atoms with Crippen molar-refractivity contribution >= 4 is 28.5 Å². The van der Waals surface area contributed by atoms with Crippen molar-refractivity contribution in [2.75, 3.05) is 20.1 Å². The van der Waals surface area contributed by atoms with Gasteiger partial charge in [0, 0.05) is 23.4 Å². The first kappa shape index (κ1) is 20.6. The first-order valence-electron chi connectivity index (χ1n) is 9.65. The minimum Gasteiger partial charge on any atom is -0.334 e. The Morgan fingerprint density at radius 3 is 2.59 bits per heavy atom. The van der Waals surface area contributed by atoms with Gasteiger partial charge in [-0.15, -0.1) is 6.58 Å². The molecule has 1 heterocycles.